The van der Waals surface area contributed by atoms with Gasteiger partial charge in [-0.1, -0.05) is 30.3 Å². The molecule has 0 bridgehead atoms. The lowest BCUT2D eigenvalue weighted by molar-refractivity contribution is -0.121. The number of benzene rings is 1. The summed E-state index contributed by atoms with van der Waals surface area (Å²) in [5.41, 5.74) is 0.998. The van der Waals surface area contributed by atoms with E-state index in [0.717, 1.165) is 30.8 Å². The van der Waals surface area contributed by atoms with Crippen molar-refractivity contribution in [1.29, 1.82) is 0 Å². The number of hydrogen-bond donors (Lipinski definition) is 2. The normalized spacial score (nSPS) is 17.8. The first kappa shape index (κ1) is 13.8. The molecule has 1 aromatic carbocycles. The Balaban J connectivity index is 1.51. The SMILES string of the molecule is O=C(CCc1ncc(-c2ccccc2)o1)NC1CCNC1. The number of aromatic nitrogens is 1. The van der Waals surface area contributed by atoms with Gasteiger partial charge in [-0.2, -0.15) is 0 Å². The molecule has 0 radical (unpaired) electrons. The molecule has 0 saturated carbocycles. The molecule has 3 rings (SSSR count). The Morgan fingerprint density at radius 1 is 1.38 bits per heavy atom. The summed E-state index contributed by atoms with van der Waals surface area (Å²) in [6.45, 7) is 1.84. The van der Waals surface area contributed by atoms with E-state index in [1.165, 1.54) is 0 Å². The molecule has 1 saturated heterocycles. The zero-order valence-corrected chi connectivity index (χ0v) is 11.8. The smallest absolute Gasteiger partial charge is 0.220 e. The van der Waals surface area contributed by atoms with Crippen molar-refractivity contribution in [2.45, 2.75) is 25.3 Å². The second-order valence-corrected chi connectivity index (χ2v) is 5.24. The molecule has 2 heterocycles. The standard InChI is InChI=1S/C16H19N3O2/c20-15(19-13-8-9-17-10-13)6-7-16-18-11-14(21-16)12-4-2-1-3-5-12/h1-5,11,13,17H,6-10H2,(H,19,20). The van der Waals surface area contributed by atoms with Crippen LogP contribution in [0.2, 0.25) is 0 Å². The van der Waals surface area contributed by atoms with Gasteiger partial charge in [-0.05, 0) is 13.0 Å². The number of rotatable bonds is 5. The van der Waals surface area contributed by atoms with Gasteiger partial charge < -0.3 is 15.1 Å². The van der Waals surface area contributed by atoms with Crippen molar-refractivity contribution in [2.75, 3.05) is 13.1 Å². The highest BCUT2D eigenvalue weighted by Crippen LogP contribution is 2.20. The molecule has 1 aromatic heterocycles. The van der Waals surface area contributed by atoms with Crippen molar-refractivity contribution in [3.8, 4) is 11.3 Å². The zero-order valence-electron chi connectivity index (χ0n) is 11.8. The van der Waals surface area contributed by atoms with Gasteiger partial charge in [-0.25, -0.2) is 4.98 Å². The Hall–Kier alpha value is -2.14. The molecule has 1 fully saturated rings. The summed E-state index contributed by atoms with van der Waals surface area (Å²) in [6.07, 6.45) is 3.65. The quantitative estimate of drug-likeness (QED) is 0.878. The molecule has 0 aliphatic carbocycles. The first-order chi connectivity index (χ1) is 10.3. The van der Waals surface area contributed by atoms with Gasteiger partial charge in [0.25, 0.3) is 0 Å². The van der Waals surface area contributed by atoms with Crippen molar-refractivity contribution >= 4 is 5.91 Å². The summed E-state index contributed by atoms with van der Waals surface area (Å²) in [5.74, 6) is 1.41. The van der Waals surface area contributed by atoms with Crippen LogP contribution >= 0.6 is 0 Å². The van der Waals surface area contributed by atoms with Crippen molar-refractivity contribution < 1.29 is 9.21 Å². The maximum absolute atomic E-state index is 11.8. The number of amides is 1. The van der Waals surface area contributed by atoms with E-state index in [2.05, 4.69) is 15.6 Å². The van der Waals surface area contributed by atoms with E-state index < -0.39 is 0 Å². The molecule has 1 aliphatic rings. The largest absolute Gasteiger partial charge is 0.441 e. The van der Waals surface area contributed by atoms with E-state index >= 15 is 0 Å². The number of hydrogen-bond acceptors (Lipinski definition) is 4. The number of carbonyl (C=O) groups is 1. The van der Waals surface area contributed by atoms with Crippen molar-refractivity contribution in [3.63, 3.8) is 0 Å². The highest BCUT2D eigenvalue weighted by molar-refractivity contribution is 5.76. The average Bonchev–Trinajstić information content (AvgIpc) is 3.17. The highest BCUT2D eigenvalue weighted by atomic mass is 16.4. The van der Waals surface area contributed by atoms with E-state index in [9.17, 15) is 4.79 Å². The zero-order chi connectivity index (χ0) is 14.5. The molecule has 5 heteroatoms. The van der Waals surface area contributed by atoms with E-state index in [-0.39, 0.29) is 11.9 Å². The van der Waals surface area contributed by atoms with Crippen LogP contribution in [0.15, 0.2) is 40.9 Å². The fourth-order valence-corrected chi connectivity index (χ4v) is 2.46. The van der Waals surface area contributed by atoms with Crippen LogP contribution < -0.4 is 10.6 Å². The first-order valence-corrected chi connectivity index (χ1v) is 7.31. The minimum atomic E-state index is 0.0585. The van der Waals surface area contributed by atoms with Gasteiger partial charge in [0.15, 0.2) is 11.7 Å². The van der Waals surface area contributed by atoms with Crippen LogP contribution in [0.1, 0.15) is 18.7 Å². The van der Waals surface area contributed by atoms with E-state index in [0.29, 0.717) is 18.7 Å². The lowest BCUT2D eigenvalue weighted by Gasteiger charge is -2.10. The van der Waals surface area contributed by atoms with Crippen LogP contribution in [0, 0.1) is 0 Å². The van der Waals surface area contributed by atoms with Gasteiger partial charge >= 0.3 is 0 Å². The minimum Gasteiger partial charge on any atom is -0.441 e. The van der Waals surface area contributed by atoms with Gasteiger partial charge in [0.1, 0.15) is 0 Å². The van der Waals surface area contributed by atoms with Crippen molar-refractivity contribution in [1.82, 2.24) is 15.6 Å². The summed E-state index contributed by atoms with van der Waals surface area (Å²) in [5, 5.41) is 6.24. The summed E-state index contributed by atoms with van der Waals surface area (Å²) in [4.78, 5) is 16.1. The molecule has 2 N–H and O–H groups in total. The van der Waals surface area contributed by atoms with Crippen LogP contribution in [0.3, 0.4) is 0 Å². The summed E-state index contributed by atoms with van der Waals surface area (Å²) < 4.78 is 5.69. The van der Waals surface area contributed by atoms with Crippen LogP contribution in [-0.2, 0) is 11.2 Å². The maximum Gasteiger partial charge on any atom is 0.220 e. The molecular formula is C16H19N3O2. The van der Waals surface area contributed by atoms with Crippen LogP contribution in [0.25, 0.3) is 11.3 Å². The summed E-state index contributed by atoms with van der Waals surface area (Å²) in [6, 6.07) is 10.1. The molecule has 21 heavy (non-hydrogen) atoms. The third kappa shape index (κ3) is 3.70. The Bertz CT molecular complexity index is 589. The van der Waals surface area contributed by atoms with Gasteiger partial charge in [0.05, 0.1) is 6.20 Å². The van der Waals surface area contributed by atoms with Gasteiger partial charge in [-0.15, -0.1) is 0 Å². The Morgan fingerprint density at radius 3 is 3.00 bits per heavy atom. The number of oxazole rings is 1. The Kier molecular flexibility index (Phi) is 4.31. The Morgan fingerprint density at radius 2 is 2.24 bits per heavy atom. The average molecular weight is 285 g/mol. The monoisotopic (exact) mass is 285 g/mol. The molecule has 1 amide bonds. The van der Waals surface area contributed by atoms with E-state index in [4.69, 9.17) is 4.42 Å². The fourth-order valence-electron chi connectivity index (χ4n) is 2.46. The molecule has 0 spiro atoms. The Labute approximate surface area is 123 Å². The van der Waals surface area contributed by atoms with Crippen molar-refractivity contribution in [3.05, 3.63) is 42.4 Å². The van der Waals surface area contributed by atoms with E-state index in [1.54, 1.807) is 6.20 Å². The van der Waals surface area contributed by atoms with Crippen LogP contribution in [0.5, 0.6) is 0 Å². The fraction of sp³-hybridized carbons (Fsp3) is 0.375. The predicted molar refractivity (Wildman–Crippen MR) is 79.7 cm³/mol. The summed E-state index contributed by atoms with van der Waals surface area (Å²) in [7, 11) is 0. The molecule has 2 aromatic rings. The van der Waals surface area contributed by atoms with E-state index in [1.807, 2.05) is 30.3 Å². The maximum atomic E-state index is 11.8. The molecule has 1 unspecified atom stereocenters. The molecule has 110 valence electrons. The van der Waals surface area contributed by atoms with Gasteiger partial charge in [0, 0.05) is 31.0 Å². The number of carbonyl (C=O) groups excluding carboxylic acids is 1. The van der Waals surface area contributed by atoms with Crippen LogP contribution in [0.4, 0.5) is 0 Å². The third-order valence-electron chi connectivity index (χ3n) is 3.60. The highest BCUT2D eigenvalue weighted by Gasteiger charge is 2.17. The van der Waals surface area contributed by atoms with Crippen LogP contribution in [-0.4, -0.2) is 30.0 Å². The minimum absolute atomic E-state index is 0.0585. The molecule has 1 atom stereocenters. The van der Waals surface area contributed by atoms with Gasteiger partial charge in [0.2, 0.25) is 5.91 Å². The molecular weight excluding hydrogens is 266 g/mol. The second kappa shape index (κ2) is 6.54. The third-order valence-corrected chi connectivity index (χ3v) is 3.60. The predicted octanol–water partition coefficient (Wildman–Crippen LogP) is 1.75. The summed E-state index contributed by atoms with van der Waals surface area (Å²) >= 11 is 0. The number of aryl methyl sites for hydroxylation is 1. The first-order valence-electron chi connectivity index (χ1n) is 7.31. The molecule has 1 aliphatic heterocycles. The second-order valence-electron chi connectivity index (χ2n) is 5.24. The topological polar surface area (TPSA) is 67.2 Å². The van der Waals surface area contributed by atoms with Crippen molar-refractivity contribution in [2.24, 2.45) is 0 Å². The number of nitrogens with zero attached hydrogens (tertiary/aromatic N) is 1. The lowest BCUT2D eigenvalue weighted by Crippen LogP contribution is -2.36. The van der Waals surface area contributed by atoms with Gasteiger partial charge in [-0.3, -0.25) is 4.79 Å². The molecule has 5 nitrogen and oxygen atoms in total. The lowest BCUT2D eigenvalue weighted by atomic mass is 10.2. The number of nitrogens with one attached hydrogen (secondary N) is 2.